The van der Waals surface area contributed by atoms with Gasteiger partial charge in [0.1, 0.15) is 11.5 Å². The van der Waals surface area contributed by atoms with Crippen molar-refractivity contribution in [3.63, 3.8) is 0 Å². The molecular weight excluding hydrogens is 526 g/mol. The van der Waals surface area contributed by atoms with Crippen LogP contribution in [0.5, 0.6) is 11.5 Å². The maximum absolute atomic E-state index is 13.2. The Bertz CT molecular complexity index is 1380. The Hall–Kier alpha value is -4.03. The summed E-state index contributed by atoms with van der Waals surface area (Å²) in [5.74, 6) is -0.0543. The van der Waals surface area contributed by atoms with E-state index in [1.54, 1.807) is 48.5 Å². The fraction of sp³-hybridized carbons (Fsp3) is 0.333. The van der Waals surface area contributed by atoms with Gasteiger partial charge in [-0.25, -0.2) is 13.2 Å². The van der Waals surface area contributed by atoms with E-state index in [2.05, 4.69) is 10.1 Å². The van der Waals surface area contributed by atoms with Crippen molar-refractivity contribution in [2.75, 3.05) is 50.1 Å². The second-order valence-corrected chi connectivity index (χ2v) is 10.9. The first-order chi connectivity index (χ1) is 18.7. The van der Waals surface area contributed by atoms with Crippen LogP contribution in [0.1, 0.15) is 24.4 Å². The minimum atomic E-state index is -3.67. The van der Waals surface area contributed by atoms with Gasteiger partial charge in [-0.2, -0.15) is 4.31 Å². The number of esters is 1. The molecule has 0 atom stereocenters. The van der Waals surface area contributed by atoms with Crippen LogP contribution in [0.15, 0.2) is 70.2 Å². The van der Waals surface area contributed by atoms with Crippen molar-refractivity contribution in [1.29, 1.82) is 0 Å². The third-order valence-electron chi connectivity index (χ3n) is 5.97. The van der Waals surface area contributed by atoms with Gasteiger partial charge in [-0.15, -0.1) is 0 Å². The number of hydrogen-bond acceptors (Lipinski definition) is 9. The van der Waals surface area contributed by atoms with Crippen molar-refractivity contribution >= 4 is 33.3 Å². The number of carbonyl (C=O) groups excluding carboxylic acids is 2. The number of benzene rings is 2. The van der Waals surface area contributed by atoms with Crippen LogP contribution in [0.2, 0.25) is 0 Å². The molecule has 0 bridgehead atoms. The number of methoxy groups -OCH3 is 1. The average molecular weight is 558 g/mol. The molecule has 1 aliphatic rings. The summed E-state index contributed by atoms with van der Waals surface area (Å²) < 4.78 is 48.9. The van der Waals surface area contributed by atoms with E-state index < -0.39 is 21.9 Å². The van der Waals surface area contributed by atoms with Crippen molar-refractivity contribution < 1.29 is 36.6 Å². The number of piperazine rings is 1. The summed E-state index contributed by atoms with van der Waals surface area (Å²) in [5.41, 5.74) is 1.09. The van der Waals surface area contributed by atoms with Crippen molar-refractivity contribution in [1.82, 2.24) is 4.31 Å². The number of ether oxygens (including phenoxy) is 3. The maximum atomic E-state index is 13.2. The highest BCUT2D eigenvalue weighted by Gasteiger charge is 2.29. The molecule has 3 aromatic rings. The van der Waals surface area contributed by atoms with E-state index in [0.29, 0.717) is 24.5 Å². The quantitative estimate of drug-likeness (QED) is 0.373. The third-order valence-corrected chi connectivity index (χ3v) is 7.88. The maximum Gasteiger partial charge on any atom is 0.343 e. The first-order valence-corrected chi connectivity index (χ1v) is 13.8. The summed E-state index contributed by atoms with van der Waals surface area (Å²) in [4.78, 5) is 26.4. The van der Waals surface area contributed by atoms with Crippen molar-refractivity contribution in [3.05, 3.63) is 66.6 Å². The number of hydrogen-bond donors (Lipinski definition) is 1. The zero-order valence-electron chi connectivity index (χ0n) is 22.0. The Balaban J connectivity index is 1.46. The highest BCUT2D eigenvalue weighted by molar-refractivity contribution is 7.89. The Morgan fingerprint density at radius 2 is 1.74 bits per heavy atom. The fourth-order valence-electron chi connectivity index (χ4n) is 4.02. The van der Waals surface area contributed by atoms with Gasteiger partial charge in [0.15, 0.2) is 12.4 Å². The van der Waals surface area contributed by atoms with E-state index in [9.17, 15) is 18.0 Å². The van der Waals surface area contributed by atoms with Crippen LogP contribution >= 0.6 is 0 Å². The minimum Gasteiger partial charge on any atom is -0.491 e. The molecule has 0 radical (unpaired) electrons. The summed E-state index contributed by atoms with van der Waals surface area (Å²) in [6.45, 7) is 4.89. The lowest BCUT2D eigenvalue weighted by Gasteiger charge is -2.35. The molecular formula is C27H31N3O8S. The minimum absolute atomic E-state index is 0.00624. The zero-order valence-corrected chi connectivity index (χ0v) is 22.8. The van der Waals surface area contributed by atoms with Gasteiger partial charge in [-0.05, 0) is 62.4 Å². The molecule has 0 saturated carbocycles. The molecule has 4 rings (SSSR count). The highest BCUT2D eigenvalue weighted by Crippen LogP contribution is 2.32. The molecule has 12 heteroatoms. The summed E-state index contributed by atoms with van der Waals surface area (Å²) in [6, 6.07) is 14.7. The molecule has 1 saturated heterocycles. The Morgan fingerprint density at radius 3 is 2.36 bits per heavy atom. The van der Waals surface area contributed by atoms with Gasteiger partial charge in [0, 0.05) is 37.9 Å². The highest BCUT2D eigenvalue weighted by atomic mass is 32.2. The predicted octanol–water partition coefficient (Wildman–Crippen LogP) is 3.38. The Morgan fingerprint density at radius 1 is 1.03 bits per heavy atom. The largest absolute Gasteiger partial charge is 0.491 e. The molecule has 1 aliphatic heterocycles. The predicted molar refractivity (Wildman–Crippen MR) is 144 cm³/mol. The summed E-state index contributed by atoms with van der Waals surface area (Å²) >= 11 is 0. The van der Waals surface area contributed by atoms with Gasteiger partial charge in [-0.3, -0.25) is 4.79 Å². The molecule has 0 spiro atoms. The summed E-state index contributed by atoms with van der Waals surface area (Å²) in [6.07, 6.45) is 1.39. The molecule has 2 heterocycles. The summed E-state index contributed by atoms with van der Waals surface area (Å²) in [5, 5.41) is 2.72. The van der Waals surface area contributed by atoms with Gasteiger partial charge >= 0.3 is 5.97 Å². The first-order valence-electron chi connectivity index (χ1n) is 12.4. The lowest BCUT2D eigenvalue weighted by molar-refractivity contribution is -0.142. The van der Waals surface area contributed by atoms with Gasteiger partial charge in [0.25, 0.3) is 5.91 Å². The molecule has 2 aromatic carbocycles. The van der Waals surface area contributed by atoms with Crippen LogP contribution in [0, 0.1) is 0 Å². The Kier molecular flexibility index (Phi) is 8.77. The van der Waals surface area contributed by atoms with Crippen LogP contribution in [0.4, 0.5) is 11.4 Å². The second-order valence-electron chi connectivity index (χ2n) is 9.01. The number of amides is 1. The smallest absolute Gasteiger partial charge is 0.343 e. The van der Waals surface area contributed by atoms with Gasteiger partial charge in [0.2, 0.25) is 10.0 Å². The van der Waals surface area contributed by atoms with Crippen molar-refractivity contribution in [2.45, 2.75) is 24.8 Å². The molecule has 11 nitrogen and oxygen atoms in total. The summed E-state index contributed by atoms with van der Waals surface area (Å²) in [7, 11) is -2.41. The van der Waals surface area contributed by atoms with Gasteiger partial charge in [0.05, 0.1) is 30.1 Å². The molecule has 208 valence electrons. The molecule has 0 unspecified atom stereocenters. The second kappa shape index (κ2) is 12.2. The standard InChI is InChI=1S/C27H31N3O8S/c1-19(2)38-21-7-9-22(10-8-21)39(33,34)30-14-12-29(13-15-30)20-6-11-23(25(17-20)37-18-26(31)35-3)28-27(32)24-5-4-16-36-24/h4-11,16-17,19H,12-15,18H2,1-3H3,(H,28,32). The average Bonchev–Trinajstić information content (AvgIpc) is 3.48. The lowest BCUT2D eigenvalue weighted by Crippen LogP contribution is -2.48. The number of nitrogens with zero attached hydrogens (tertiary/aromatic N) is 2. The van der Waals surface area contributed by atoms with Crippen molar-refractivity contribution in [2.24, 2.45) is 0 Å². The van der Waals surface area contributed by atoms with Crippen LogP contribution in [-0.4, -0.2) is 70.6 Å². The molecule has 1 amide bonds. The number of furan rings is 1. The number of anilines is 2. The number of rotatable bonds is 10. The van der Waals surface area contributed by atoms with E-state index in [1.165, 1.54) is 23.7 Å². The fourth-order valence-corrected chi connectivity index (χ4v) is 5.44. The molecule has 39 heavy (non-hydrogen) atoms. The topological polar surface area (TPSA) is 128 Å². The SMILES string of the molecule is COC(=O)COc1cc(N2CCN(S(=O)(=O)c3ccc(OC(C)C)cc3)CC2)ccc1NC(=O)c1ccco1. The van der Waals surface area contributed by atoms with E-state index in [4.69, 9.17) is 13.9 Å². The molecule has 1 N–H and O–H groups in total. The first kappa shape index (κ1) is 28.0. The van der Waals surface area contributed by atoms with E-state index >= 15 is 0 Å². The molecule has 1 fully saturated rings. The monoisotopic (exact) mass is 557 g/mol. The van der Waals surface area contributed by atoms with Gasteiger partial charge < -0.3 is 28.8 Å². The molecule has 0 aliphatic carbocycles. The van der Waals surface area contributed by atoms with E-state index in [0.717, 1.165) is 5.69 Å². The van der Waals surface area contributed by atoms with Crippen LogP contribution in [-0.2, 0) is 19.6 Å². The normalized spacial score (nSPS) is 14.2. The van der Waals surface area contributed by atoms with E-state index in [1.807, 2.05) is 18.7 Å². The lowest BCUT2D eigenvalue weighted by atomic mass is 10.2. The third kappa shape index (κ3) is 6.89. The van der Waals surface area contributed by atoms with Crippen LogP contribution < -0.4 is 19.7 Å². The van der Waals surface area contributed by atoms with Crippen molar-refractivity contribution in [3.8, 4) is 11.5 Å². The number of nitrogens with one attached hydrogen (secondary N) is 1. The number of sulfonamides is 1. The number of carbonyl (C=O) groups is 2. The van der Waals surface area contributed by atoms with E-state index in [-0.39, 0.29) is 42.2 Å². The zero-order chi connectivity index (χ0) is 28.0. The Labute approximate surface area is 227 Å². The molecule has 1 aromatic heterocycles. The van der Waals surface area contributed by atoms with Crippen LogP contribution in [0.25, 0.3) is 0 Å². The van der Waals surface area contributed by atoms with Crippen LogP contribution in [0.3, 0.4) is 0 Å². The van der Waals surface area contributed by atoms with Gasteiger partial charge in [-0.1, -0.05) is 0 Å².